The minimum atomic E-state index is -0.888. The third-order valence-electron chi connectivity index (χ3n) is 6.61. The Hall–Kier alpha value is -5.82. The molecule has 0 atom stereocenters. The first-order valence-electron chi connectivity index (χ1n) is 12.5. The summed E-state index contributed by atoms with van der Waals surface area (Å²) in [6, 6.07) is 16.7. The number of halogens is 1. The Morgan fingerprint density at radius 1 is 0.884 bits per heavy atom. The van der Waals surface area contributed by atoms with Crippen molar-refractivity contribution in [2.75, 3.05) is 4.90 Å². The highest BCUT2D eigenvalue weighted by Crippen LogP contribution is 2.35. The smallest absolute Gasteiger partial charge is 0.335 e. The van der Waals surface area contributed by atoms with Crippen LogP contribution in [0.3, 0.4) is 0 Å². The van der Waals surface area contributed by atoms with Crippen LogP contribution in [0.1, 0.15) is 17.0 Å². The van der Waals surface area contributed by atoms with E-state index in [9.17, 15) is 34.6 Å². The molecule has 2 heterocycles. The first kappa shape index (κ1) is 28.7. The van der Waals surface area contributed by atoms with Gasteiger partial charge in [-0.1, -0.05) is 17.7 Å². The van der Waals surface area contributed by atoms with E-state index < -0.39 is 39.1 Å². The van der Waals surface area contributed by atoms with Gasteiger partial charge < -0.3 is 9.30 Å². The van der Waals surface area contributed by atoms with E-state index in [0.29, 0.717) is 22.0 Å². The van der Waals surface area contributed by atoms with Gasteiger partial charge in [0.05, 0.1) is 21.6 Å². The highest BCUT2D eigenvalue weighted by Gasteiger charge is 2.37. The fraction of sp³-hybridized carbons (Fsp3) is 0.0690. The third-order valence-corrected chi connectivity index (χ3v) is 6.85. The lowest BCUT2D eigenvalue weighted by Crippen LogP contribution is -2.54. The average Bonchev–Trinajstić information content (AvgIpc) is 3.23. The van der Waals surface area contributed by atoms with E-state index in [1.807, 2.05) is 11.5 Å². The Kier molecular flexibility index (Phi) is 7.49. The van der Waals surface area contributed by atoms with Gasteiger partial charge >= 0.3 is 11.7 Å². The second-order valence-electron chi connectivity index (χ2n) is 9.36. The molecule has 0 unspecified atom stereocenters. The van der Waals surface area contributed by atoms with Gasteiger partial charge in [0.1, 0.15) is 11.3 Å². The summed E-state index contributed by atoms with van der Waals surface area (Å²) in [7, 11) is 0. The van der Waals surface area contributed by atoms with Crippen molar-refractivity contribution in [2.45, 2.75) is 13.8 Å². The van der Waals surface area contributed by atoms with Crippen molar-refractivity contribution in [1.29, 1.82) is 0 Å². The van der Waals surface area contributed by atoms with Gasteiger partial charge in [0.25, 0.3) is 17.5 Å². The Morgan fingerprint density at radius 2 is 1.60 bits per heavy atom. The molecule has 4 amide bonds. The van der Waals surface area contributed by atoms with Crippen LogP contribution >= 0.6 is 11.6 Å². The molecule has 4 aromatic rings. The molecular formula is C29H20ClN5O8. The Balaban J connectivity index is 1.43. The number of aromatic nitrogens is 1. The van der Waals surface area contributed by atoms with Gasteiger partial charge in [-0.15, -0.1) is 0 Å². The number of amides is 4. The van der Waals surface area contributed by atoms with Gasteiger partial charge in [-0.25, -0.2) is 9.69 Å². The molecule has 3 aromatic carbocycles. The van der Waals surface area contributed by atoms with Gasteiger partial charge in [-0.3, -0.25) is 35.1 Å². The number of barbiturate groups is 1. The monoisotopic (exact) mass is 601 g/mol. The lowest BCUT2D eigenvalue weighted by molar-refractivity contribution is -0.394. The number of nitro groups is 2. The number of nitrogens with one attached hydrogen (secondary N) is 1. The number of nitro benzene ring substituents is 2. The maximum Gasteiger partial charge on any atom is 0.335 e. The van der Waals surface area contributed by atoms with E-state index in [2.05, 4.69) is 5.32 Å². The fourth-order valence-corrected chi connectivity index (χ4v) is 4.82. The average molecular weight is 602 g/mol. The highest BCUT2D eigenvalue weighted by atomic mass is 35.5. The molecule has 216 valence electrons. The molecule has 1 N–H and O–H groups in total. The summed E-state index contributed by atoms with van der Waals surface area (Å²) in [4.78, 5) is 60.2. The van der Waals surface area contributed by atoms with Gasteiger partial charge in [-0.05, 0) is 80.1 Å². The van der Waals surface area contributed by atoms with Crippen LogP contribution in [0.5, 0.6) is 11.5 Å². The van der Waals surface area contributed by atoms with E-state index in [-0.39, 0.29) is 22.8 Å². The molecule has 1 saturated heterocycles. The number of non-ortho nitro benzene ring substituents is 1. The Morgan fingerprint density at radius 3 is 2.26 bits per heavy atom. The molecule has 0 radical (unpaired) electrons. The van der Waals surface area contributed by atoms with E-state index in [1.165, 1.54) is 18.2 Å². The zero-order chi connectivity index (χ0) is 31.0. The molecule has 1 fully saturated rings. The van der Waals surface area contributed by atoms with Crippen molar-refractivity contribution < 1.29 is 29.0 Å². The van der Waals surface area contributed by atoms with E-state index in [4.69, 9.17) is 16.3 Å². The summed E-state index contributed by atoms with van der Waals surface area (Å²) < 4.78 is 7.50. The number of imide groups is 2. The molecule has 5 rings (SSSR count). The maximum atomic E-state index is 13.3. The minimum absolute atomic E-state index is 0.161. The van der Waals surface area contributed by atoms with Crippen LogP contribution in [0.25, 0.3) is 11.8 Å². The Bertz CT molecular complexity index is 1880. The number of aryl methyl sites for hydroxylation is 1. The maximum absolute atomic E-state index is 13.3. The van der Waals surface area contributed by atoms with E-state index >= 15 is 0 Å². The minimum Gasteiger partial charge on any atom is -0.450 e. The number of nitrogens with zero attached hydrogens (tertiary/aromatic N) is 4. The number of carbonyl (C=O) groups excluding carboxylic acids is 3. The van der Waals surface area contributed by atoms with Gasteiger partial charge in [0.15, 0.2) is 0 Å². The van der Waals surface area contributed by atoms with Crippen molar-refractivity contribution in [3.8, 4) is 17.2 Å². The highest BCUT2D eigenvalue weighted by molar-refractivity contribution is 6.39. The SMILES string of the molecule is Cc1cc(/C=C2\C(=O)NC(=O)N(c3cccc(Cl)c3)C2=O)c(C)n1-c1ccc(Oc2ccc([N+](=O)[O-])cc2[N+](=O)[O-])cc1. The second-order valence-corrected chi connectivity index (χ2v) is 9.80. The zero-order valence-corrected chi connectivity index (χ0v) is 23.2. The number of benzene rings is 3. The van der Waals surface area contributed by atoms with E-state index in [1.54, 1.807) is 49.4 Å². The van der Waals surface area contributed by atoms with Crippen molar-refractivity contribution in [3.63, 3.8) is 0 Å². The lowest BCUT2D eigenvalue weighted by Gasteiger charge is -2.26. The third kappa shape index (κ3) is 5.56. The topological polar surface area (TPSA) is 167 Å². The predicted octanol–water partition coefficient (Wildman–Crippen LogP) is 6.02. The standard InChI is InChI=1S/C29H20ClN5O8/c1-16-12-18(13-24-27(36)31-29(38)33(28(24)37)21-5-3-4-19(30)14-21)17(2)32(16)20-6-9-23(10-7-20)43-26-11-8-22(34(39)40)15-25(26)35(41)42/h3-15H,1-2H3,(H,31,36,38)/b24-13+. The molecule has 1 aliphatic heterocycles. The molecule has 0 spiro atoms. The number of rotatable bonds is 7. The van der Waals surface area contributed by atoms with Gasteiger partial charge in [0, 0.05) is 28.2 Å². The quantitative estimate of drug-likeness (QED) is 0.116. The summed E-state index contributed by atoms with van der Waals surface area (Å²) in [5.41, 5.74) is 1.65. The zero-order valence-electron chi connectivity index (χ0n) is 22.4. The van der Waals surface area contributed by atoms with Crippen molar-refractivity contribution >= 4 is 52.6 Å². The summed E-state index contributed by atoms with van der Waals surface area (Å²) in [6.45, 7) is 3.61. The van der Waals surface area contributed by atoms with Crippen molar-refractivity contribution in [1.82, 2.24) is 9.88 Å². The molecule has 43 heavy (non-hydrogen) atoms. The van der Waals surface area contributed by atoms with Crippen molar-refractivity contribution in [2.24, 2.45) is 0 Å². The normalized spacial score (nSPS) is 14.2. The number of urea groups is 1. The molecule has 0 saturated carbocycles. The lowest BCUT2D eigenvalue weighted by atomic mass is 10.1. The summed E-state index contributed by atoms with van der Waals surface area (Å²) in [6.07, 6.45) is 1.41. The van der Waals surface area contributed by atoms with Crippen LogP contribution in [0.4, 0.5) is 21.9 Å². The summed E-state index contributed by atoms with van der Waals surface area (Å²) in [5.74, 6) is -1.55. The fourth-order valence-electron chi connectivity index (χ4n) is 4.63. The van der Waals surface area contributed by atoms with Crippen LogP contribution in [-0.2, 0) is 9.59 Å². The molecule has 13 nitrogen and oxygen atoms in total. The number of hydrogen-bond donors (Lipinski definition) is 1. The predicted molar refractivity (Wildman–Crippen MR) is 156 cm³/mol. The van der Waals surface area contributed by atoms with Gasteiger partial charge in [-0.2, -0.15) is 0 Å². The molecular weight excluding hydrogens is 582 g/mol. The molecule has 14 heteroatoms. The van der Waals surface area contributed by atoms with Crippen LogP contribution in [0.2, 0.25) is 5.02 Å². The first-order chi connectivity index (χ1) is 20.4. The van der Waals surface area contributed by atoms with Crippen LogP contribution in [0, 0.1) is 34.1 Å². The molecule has 1 aromatic heterocycles. The number of hydrogen-bond acceptors (Lipinski definition) is 8. The Labute approximate surface area is 247 Å². The molecule has 1 aliphatic rings. The molecule has 0 aliphatic carbocycles. The second kappa shape index (κ2) is 11.2. The van der Waals surface area contributed by atoms with Crippen LogP contribution in [-0.4, -0.2) is 32.3 Å². The first-order valence-corrected chi connectivity index (χ1v) is 12.9. The van der Waals surface area contributed by atoms with Crippen molar-refractivity contribution in [3.05, 3.63) is 121 Å². The van der Waals surface area contributed by atoms with Crippen LogP contribution < -0.4 is 15.0 Å². The van der Waals surface area contributed by atoms with Crippen LogP contribution in [0.15, 0.2) is 78.4 Å². The number of anilines is 1. The molecule has 0 bridgehead atoms. The van der Waals surface area contributed by atoms with E-state index in [0.717, 1.165) is 28.8 Å². The summed E-state index contributed by atoms with van der Waals surface area (Å²) >= 11 is 6.03. The summed E-state index contributed by atoms with van der Waals surface area (Å²) in [5, 5.41) is 24.9. The number of ether oxygens (including phenoxy) is 1. The largest absolute Gasteiger partial charge is 0.450 e. The van der Waals surface area contributed by atoms with Gasteiger partial charge in [0.2, 0.25) is 5.75 Å². The number of carbonyl (C=O) groups is 3.